The highest BCUT2D eigenvalue weighted by atomic mass is 16.6. The van der Waals surface area contributed by atoms with Crippen molar-refractivity contribution in [3.8, 4) is 11.5 Å². The zero-order chi connectivity index (χ0) is 27.9. The van der Waals surface area contributed by atoms with E-state index in [0.717, 1.165) is 13.0 Å². The number of amides is 2. The Morgan fingerprint density at radius 1 is 1.08 bits per heavy atom. The smallest absolute Gasteiger partial charge is 0.410 e. The normalized spacial score (nSPS) is 19.5. The number of nitrogens with one attached hydrogen (secondary N) is 1. The molecular formula is C29H47N3O6. The summed E-state index contributed by atoms with van der Waals surface area (Å²) in [5.41, 5.74) is 0.00470. The SMILES string of the molecule is COCCCOc1cc(C(=O)N(CC2CN(C(=O)OC(C)(C)C)CC2CNC2CC2)C(C)C)ccc1OC. The van der Waals surface area contributed by atoms with E-state index in [2.05, 4.69) is 5.32 Å². The highest BCUT2D eigenvalue weighted by molar-refractivity contribution is 5.95. The predicted molar refractivity (Wildman–Crippen MR) is 147 cm³/mol. The molecule has 1 heterocycles. The summed E-state index contributed by atoms with van der Waals surface area (Å²) in [6.45, 7) is 13.4. The molecule has 1 N–H and O–H groups in total. The van der Waals surface area contributed by atoms with Gasteiger partial charge in [-0.3, -0.25) is 4.79 Å². The van der Waals surface area contributed by atoms with E-state index >= 15 is 0 Å². The van der Waals surface area contributed by atoms with Gasteiger partial charge in [0.1, 0.15) is 5.60 Å². The zero-order valence-corrected chi connectivity index (χ0v) is 24.2. The fraction of sp³-hybridized carbons (Fsp3) is 0.724. The van der Waals surface area contributed by atoms with Gasteiger partial charge >= 0.3 is 6.09 Å². The van der Waals surface area contributed by atoms with Gasteiger partial charge in [-0.05, 0) is 77.5 Å². The van der Waals surface area contributed by atoms with Gasteiger partial charge in [-0.15, -0.1) is 0 Å². The third-order valence-corrected chi connectivity index (χ3v) is 6.95. The Balaban J connectivity index is 1.74. The van der Waals surface area contributed by atoms with Crippen molar-refractivity contribution in [1.82, 2.24) is 15.1 Å². The van der Waals surface area contributed by atoms with Crippen molar-refractivity contribution in [2.24, 2.45) is 11.8 Å². The summed E-state index contributed by atoms with van der Waals surface area (Å²) in [5.74, 6) is 1.46. The van der Waals surface area contributed by atoms with Crippen LogP contribution in [-0.4, -0.2) is 93.1 Å². The maximum absolute atomic E-state index is 13.8. The molecule has 2 atom stereocenters. The number of methoxy groups -OCH3 is 2. The number of benzene rings is 1. The van der Waals surface area contributed by atoms with Gasteiger partial charge in [0.2, 0.25) is 0 Å². The van der Waals surface area contributed by atoms with Crippen molar-refractivity contribution < 1.29 is 28.5 Å². The minimum Gasteiger partial charge on any atom is -0.493 e. The highest BCUT2D eigenvalue weighted by Gasteiger charge is 2.39. The number of likely N-dealkylation sites (tertiary alicyclic amines) is 1. The van der Waals surface area contributed by atoms with Crippen LogP contribution in [0.25, 0.3) is 0 Å². The minimum absolute atomic E-state index is 0.0108. The first-order chi connectivity index (χ1) is 18.0. The Labute approximate surface area is 228 Å². The lowest BCUT2D eigenvalue weighted by atomic mass is 9.94. The number of carbonyl (C=O) groups excluding carboxylic acids is 2. The second kappa shape index (κ2) is 13.5. The molecule has 0 radical (unpaired) electrons. The Morgan fingerprint density at radius 2 is 1.79 bits per heavy atom. The number of hydrogen-bond acceptors (Lipinski definition) is 7. The van der Waals surface area contributed by atoms with Gasteiger partial charge in [-0.2, -0.15) is 0 Å². The second-order valence-electron chi connectivity index (χ2n) is 11.7. The van der Waals surface area contributed by atoms with Crippen LogP contribution in [0, 0.1) is 11.8 Å². The summed E-state index contributed by atoms with van der Waals surface area (Å²) in [6.07, 6.45) is 2.86. The summed E-state index contributed by atoms with van der Waals surface area (Å²) in [7, 11) is 3.25. The predicted octanol–water partition coefficient (Wildman–Crippen LogP) is 4.20. The summed E-state index contributed by atoms with van der Waals surface area (Å²) in [4.78, 5) is 30.4. The fourth-order valence-corrected chi connectivity index (χ4v) is 4.71. The van der Waals surface area contributed by atoms with Crippen molar-refractivity contribution >= 4 is 12.0 Å². The summed E-state index contributed by atoms with van der Waals surface area (Å²) in [6, 6.07) is 5.89. The van der Waals surface area contributed by atoms with Crippen molar-refractivity contribution in [1.29, 1.82) is 0 Å². The van der Waals surface area contributed by atoms with Crippen molar-refractivity contribution in [2.45, 2.75) is 71.6 Å². The monoisotopic (exact) mass is 533 g/mol. The van der Waals surface area contributed by atoms with Gasteiger partial charge in [0.15, 0.2) is 11.5 Å². The Bertz CT molecular complexity index is 927. The average molecular weight is 534 g/mol. The largest absolute Gasteiger partial charge is 0.493 e. The minimum atomic E-state index is -0.547. The number of nitrogens with zero attached hydrogens (tertiary/aromatic N) is 2. The number of hydrogen-bond donors (Lipinski definition) is 1. The molecule has 1 aliphatic heterocycles. The van der Waals surface area contributed by atoms with Crippen LogP contribution in [0.5, 0.6) is 11.5 Å². The van der Waals surface area contributed by atoms with Crippen LogP contribution in [0.15, 0.2) is 18.2 Å². The van der Waals surface area contributed by atoms with Gasteiger partial charge in [-0.25, -0.2) is 4.79 Å². The quantitative estimate of drug-likeness (QED) is 0.380. The summed E-state index contributed by atoms with van der Waals surface area (Å²) < 4.78 is 22.1. The first-order valence-corrected chi connectivity index (χ1v) is 13.8. The maximum atomic E-state index is 13.8. The molecule has 38 heavy (non-hydrogen) atoms. The van der Waals surface area contributed by atoms with Crippen LogP contribution in [0.3, 0.4) is 0 Å². The molecule has 1 aromatic carbocycles. The average Bonchev–Trinajstić information content (AvgIpc) is 3.60. The van der Waals surface area contributed by atoms with E-state index in [1.54, 1.807) is 37.3 Å². The van der Waals surface area contributed by atoms with Crippen molar-refractivity contribution in [3.63, 3.8) is 0 Å². The van der Waals surface area contributed by atoms with E-state index in [1.165, 1.54) is 12.8 Å². The molecule has 1 aromatic rings. The molecule has 9 heteroatoms. The second-order valence-corrected chi connectivity index (χ2v) is 11.7. The fourth-order valence-electron chi connectivity index (χ4n) is 4.71. The standard InChI is InChI=1S/C29H47N3O6/c1-20(2)32(27(33)21-9-12-25(36-7)26(15-21)37-14-8-13-35-6)19-23-18-31(28(34)38-29(3,4)5)17-22(23)16-30-24-10-11-24/h9,12,15,20,22-24,30H,8,10-11,13-14,16-19H2,1-7H3. The van der Waals surface area contributed by atoms with Gasteiger partial charge in [0, 0.05) is 64.0 Å². The van der Waals surface area contributed by atoms with Crippen LogP contribution in [-0.2, 0) is 9.47 Å². The summed E-state index contributed by atoms with van der Waals surface area (Å²) in [5, 5.41) is 3.63. The molecular weight excluding hydrogens is 486 g/mol. The molecule has 0 aromatic heterocycles. The Morgan fingerprint density at radius 3 is 2.39 bits per heavy atom. The topological polar surface area (TPSA) is 89.6 Å². The third-order valence-electron chi connectivity index (χ3n) is 6.95. The maximum Gasteiger partial charge on any atom is 0.410 e. The van der Waals surface area contributed by atoms with E-state index in [4.69, 9.17) is 18.9 Å². The van der Waals surface area contributed by atoms with Crippen LogP contribution in [0.2, 0.25) is 0 Å². The molecule has 3 rings (SSSR count). The number of rotatable bonds is 13. The van der Waals surface area contributed by atoms with E-state index in [9.17, 15) is 9.59 Å². The highest BCUT2D eigenvalue weighted by Crippen LogP contribution is 2.31. The molecule has 0 bridgehead atoms. The third kappa shape index (κ3) is 8.76. The van der Waals surface area contributed by atoms with Crippen molar-refractivity contribution in [2.75, 3.05) is 53.6 Å². The van der Waals surface area contributed by atoms with Gasteiger partial charge in [0.25, 0.3) is 5.91 Å². The van der Waals surface area contributed by atoms with Crippen LogP contribution >= 0.6 is 0 Å². The van der Waals surface area contributed by atoms with Crippen molar-refractivity contribution in [3.05, 3.63) is 23.8 Å². The van der Waals surface area contributed by atoms with E-state index < -0.39 is 5.60 Å². The first-order valence-electron chi connectivity index (χ1n) is 13.8. The number of carbonyl (C=O) groups is 2. The van der Waals surface area contributed by atoms with Crippen LogP contribution in [0.4, 0.5) is 4.79 Å². The zero-order valence-electron chi connectivity index (χ0n) is 24.2. The van der Waals surface area contributed by atoms with E-state index in [0.29, 0.717) is 56.0 Å². The van der Waals surface area contributed by atoms with E-state index in [1.807, 2.05) is 39.5 Å². The molecule has 2 fully saturated rings. The van der Waals surface area contributed by atoms with Gasteiger partial charge < -0.3 is 34.1 Å². The lowest BCUT2D eigenvalue weighted by Crippen LogP contribution is -2.43. The van der Waals surface area contributed by atoms with E-state index in [-0.39, 0.29) is 29.9 Å². The Kier molecular flexibility index (Phi) is 10.7. The lowest BCUT2D eigenvalue weighted by Gasteiger charge is -2.32. The molecule has 2 amide bonds. The number of ether oxygens (including phenoxy) is 4. The summed E-state index contributed by atoms with van der Waals surface area (Å²) >= 11 is 0. The van der Waals surface area contributed by atoms with Crippen LogP contribution < -0.4 is 14.8 Å². The van der Waals surface area contributed by atoms with Gasteiger partial charge in [-0.1, -0.05) is 0 Å². The molecule has 1 saturated heterocycles. The van der Waals surface area contributed by atoms with Gasteiger partial charge in [0.05, 0.1) is 13.7 Å². The first kappa shape index (κ1) is 30.0. The molecule has 214 valence electrons. The molecule has 1 aliphatic carbocycles. The molecule has 0 spiro atoms. The molecule has 2 aliphatic rings. The molecule has 1 saturated carbocycles. The molecule has 9 nitrogen and oxygen atoms in total. The van der Waals surface area contributed by atoms with Crippen LogP contribution in [0.1, 0.15) is 64.2 Å². The Hall–Kier alpha value is -2.52. The lowest BCUT2D eigenvalue weighted by molar-refractivity contribution is 0.0282. The molecule has 2 unspecified atom stereocenters.